The Bertz CT molecular complexity index is 1160. The van der Waals surface area contributed by atoms with Crippen molar-refractivity contribution in [2.24, 2.45) is 0 Å². The molecule has 0 fully saturated rings. The highest BCUT2D eigenvalue weighted by Crippen LogP contribution is 2.33. The number of nitrogens with zero attached hydrogens (tertiary/aromatic N) is 4. The third kappa shape index (κ3) is 4.31. The fourth-order valence-electron chi connectivity index (χ4n) is 3.15. The summed E-state index contributed by atoms with van der Waals surface area (Å²) in [6, 6.07) is 9.43. The van der Waals surface area contributed by atoms with Crippen LogP contribution in [0, 0.1) is 12.7 Å². The summed E-state index contributed by atoms with van der Waals surface area (Å²) in [5.74, 6) is -0.723. The first-order chi connectivity index (χ1) is 14.0. The summed E-state index contributed by atoms with van der Waals surface area (Å²) in [7, 11) is 0. The van der Waals surface area contributed by atoms with Gasteiger partial charge >= 0.3 is 0 Å². The minimum Gasteiger partial charge on any atom is -0.337 e. The van der Waals surface area contributed by atoms with Crippen molar-refractivity contribution in [2.75, 3.05) is 11.4 Å². The molecule has 0 radical (unpaired) electrons. The predicted octanol–water partition coefficient (Wildman–Crippen LogP) is 5.33. The van der Waals surface area contributed by atoms with Gasteiger partial charge in [0.15, 0.2) is 5.13 Å². The second-order valence-corrected chi connectivity index (χ2v) is 8.13. The van der Waals surface area contributed by atoms with Crippen LogP contribution in [0.5, 0.6) is 0 Å². The normalized spacial score (nSPS) is 11.1. The van der Waals surface area contributed by atoms with Gasteiger partial charge in [0.2, 0.25) is 0 Å². The molecule has 5 nitrogen and oxygen atoms in total. The second kappa shape index (κ2) is 8.31. The van der Waals surface area contributed by atoms with Crippen LogP contribution >= 0.6 is 22.9 Å². The van der Waals surface area contributed by atoms with E-state index < -0.39 is 5.82 Å². The van der Waals surface area contributed by atoms with Gasteiger partial charge in [0.25, 0.3) is 5.91 Å². The average molecular weight is 429 g/mol. The summed E-state index contributed by atoms with van der Waals surface area (Å²) in [4.78, 5) is 23.5. The highest BCUT2D eigenvalue weighted by molar-refractivity contribution is 7.22. The van der Waals surface area contributed by atoms with Gasteiger partial charge in [-0.25, -0.2) is 14.4 Å². The van der Waals surface area contributed by atoms with Crippen molar-refractivity contribution in [2.45, 2.75) is 19.9 Å². The van der Waals surface area contributed by atoms with E-state index in [0.717, 1.165) is 15.8 Å². The minimum atomic E-state index is -0.443. The molecule has 4 rings (SSSR count). The van der Waals surface area contributed by atoms with Crippen molar-refractivity contribution in [1.29, 1.82) is 0 Å². The van der Waals surface area contributed by atoms with Crippen LogP contribution in [0.25, 0.3) is 10.2 Å². The maximum Gasteiger partial charge on any atom is 0.260 e. The van der Waals surface area contributed by atoms with E-state index in [4.69, 9.17) is 16.6 Å². The molecule has 2 heterocycles. The second-order valence-electron chi connectivity index (χ2n) is 6.69. The topological polar surface area (TPSA) is 51.0 Å². The van der Waals surface area contributed by atoms with E-state index in [2.05, 4.69) is 4.98 Å². The number of benzene rings is 2. The van der Waals surface area contributed by atoms with E-state index >= 15 is 0 Å². The summed E-state index contributed by atoms with van der Waals surface area (Å²) < 4.78 is 16.6. The number of anilines is 1. The fraction of sp³-hybridized carbons (Fsp3) is 0.190. The van der Waals surface area contributed by atoms with E-state index in [1.807, 2.05) is 29.8 Å². The lowest BCUT2D eigenvalue weighted by Gasteiger charge is -2.20. The van der Waals surface area contributed by atoms with Crippen LogP contribution < -0.4 is 4.90 Å². The first-order valence-corrected chi connectivity index (χ1v) is 10.3. The number of hydrogen-bond donors (Lipinski definition) is 0. The molecule has 8 heteroatoms. The smallest absolute Gasteiger partial charge is 0.260 e. The molecule has 29 heavy (non-hydrogen) atoms. The summed E-state index contributed by atoms with van der Waals surface area (Å²) in [5, 5.41) is 1.21. The molecule has 0 aliphatic carbocycles. The number of aryl methyl sites for hydroxylation is 2. The van der Waals surface area contributed by atoms with Gasteiger partial charge in [0.05, 0.1) is 16.5 Å². The van der Waals surface area contributed by atoms with Gasteiger partial charge in [-0.1, -0.05) is 29.0 Å². The number of thiazole rings is 1. The number of carbonyl (C=O) groups is 1. The van der Waals surface area contributed by atoms with Crippen LogP contribution in [-0.2, 0) is 6.54 Å². The molecular weight excluding hydrogens is 411 g/mol. The van der Waals surface area contributed by atoms with Crippen molar-refractivity contribution >= 4 is 44.2 Å². The third-order valence-corrected chi connectivity index (χ3v) is 5.79. The van der Waals surface area contributed by atoms with Crippen molar-refractivity contribution in [3.63, 3.8) is 0 Å². The molecule has 0 bridgehead atoms. The maximum absolute atomic E-state index is 13.7. The lowest BCUT2D eigenvalue weighted by molar-refractivity contribution is 0.0986. The zero-order chi connectivity index (χ0) is 20.4. The molecule has 4 aromatic rings. The molecule has 0 atom stereocenters. The Labute approximate surface area is 176 Å². The Morgan fingerprint density at radius 3 is 2.93 bits per heavy atom. The van der Waals surface area contributed by atoms with Crippen LogP contribution in [-0.4, -0.2) is 27.0 Å². The number of rotatable bonds is 6. The zero-order valence-electron chi connectivity index (χ0n) is 15.7. The molecule has 148 valence electrons. The van der Waals surface area contributed by atoms with Gasteiger partial charge in [0.1, 0.15) is 5.82 Å². The minimum absolute atomic E-state index is 0.280. The number of hydrogen-bond acceptors (Lipinski definition) is 4. The van der Waals surface area contributed by atoms with Crippen LogP contribution in [0.2, 0.25) is 5.02 Å². The SMILES string of the molecule is Cc1cc(Cl)cc2sc(N(CCCn3ccnc3)C(=O)c3cccc(F)c3)nc12. The predicted molar refractivity (Wildman–Crippen MR) is 114 cm³/mol. The highest BCUT2D eigenvalue weighted by atomic mass is 35.5. The highest BCUT2D eigenvalue weighted by Gasteiger charge is 2.22. The van der Waals surface area contributed by atoms with Gasteiger partial charge < -0.3 is 4.57 Å². The van der Waals surface area contributed by atoms with E-state index in [0.29, 0.717) is 35.2 Å². The Morgan fingerprint density at radius 2 is 2.17 bits per heavy atom. The first-order valence-electron chi connectivity index (χ1n) is 9.11. The molecule has 0 spiro atoms. The molecule has 1 amide bonds. The lowest BCUT2D eigenvalue weighted by Crippen LogP contribution is -2.32. The molecule has 0 N–H and O–H groups in total. The average Bonchev–Trinajstić information content (AvgIpc) is 3.34. The zero-order valence-corrected chi connectivity index (χ0v) is 17.3. The molecule has 0 aliphatic rings. The summed E-state index contributed by atoms with van der Waals surface area (Å²) in [5.41, 5.74) is 2.06. The summed E-state index contributed by atoms with van der Waals surface area (Å²) in [6.45, 7) is 3.10. The largest absolute Gasteiger partial charge is 0.337 e. The van der Waals surface area contributed by atoms with Gasteiger partial charge in [-0.2, -0.15) is 0 Å². The van der Waals surface area contributed by atoms with Gasteiger partial charge in [-0.05, 0) is 49.2 Å². The van der Waals surface area contributed by atoms with E-state index in [-0.39, 0.29) is 5.91 Å². The first kappa shape index (κ1) is 19.5. The molecule has 2 aromatic heterocycles. The van der Waals surface area contributed by atoms with Crippen molar-refractivity contribution in [3.8, 4) is 0 Å². The summed E-state index contributed by atoms with van der Waals surface area (Å²) in [6.07, 6.45) is 6.03. The van der Waals surface area contributed by atoms with E-state index in [9.17, 15) is 9.18 Å². The van der Waals surface area contributed by atoms with Gasteiger partial charge in [-0.3, -0.25) is 9.69 Å². The molecule has 0 unspecified atom stereocenters. The monoisotopic (exact) mass is 428 g/mol. The quantitative estimate of drug-likeness (QED) is 0.417. The summed E-state index contributed by atoms with van der Waals surface area (Å²) >= 11 is 7.58. The third-order valence-electron chi connectivity index (χ3n) is 4.54. The standard InChI is InChI=1S/C21H18ClFN4OS/c1-14-10-16(22)12-18-19(14)25-21(29-18)27(8-3-7-26-9-6-24-13-26)20(28)15-4-2-5-17(23)11-15/h2,4-6,9-13H,3,7-8H2,1H3. The van der Waals surface area contributed by atoms with Crippen molar-refractivity contribution in [1.82, 2.24) is 14.5 Å². The number of carbonyl (C=O) groups excluding carboxylic acids is 1. The number of amides is 1. The van der Waals surface area contributed by atoms with Crippen LogP contribution in [0.4, 0.5) is 9.52 Å². The Morgan fingerprint density at radius 1 is 1.31 bits per heavy atom. The number of fused-ring (bicyclic) bond motifs is 1. The Kier molecular flexibility index (Phi) is 5.60. The number of imidazole rings is 1. The van der Waals surface area contributed by atoms with E-state index in [1.54, 1.807) is 23.5 Å². The molecule has 0 aliphatic heterocycles. The lowest BCUT2D eigenvalue weighted by atomic mass is 10.2. The Balaban J connectivity index is 1.67. The molecular formula is C21H18ClFN4OS. The van der Waals surface area contributed by atoms with Crippen LogP contribution in [0.15, 0.2) is 55.1 Å². The van der Waals surface area contributed by atoms with Gasteiger partial charge in [0, 0.05) is 36.1 Å². The van der Waals surface area contributed by atoms with Gasteiger partial charge in [-0.15, -0.1) is 0 Å². The fourth-order valence-corrected chi connectivity index (χ4v) is 4.59. The Hall–Kier alpha value is -2.77. The number of aromatic nitrogens is 3. The number of halogens is 2. The van der Waals surface area contributed by atoms with E-state index in [1.165, 1.54) is 29.5 Å². The van der Waals surface area contributed by atoms with Crippen molar-refractivity contribution < 1.29 is 9.18 Å². The molecule has 0 saturated carbocycles. The molecule has 2 aromatic carbocycles. The van der Waals surface area contributed by atoms with Crippen LogP contribution in [0.3, 0.4) is 0 Å². The van der Waals surface area contributed by atoms with Crippen LogP contribution in [0.1, 0.15) is 22.3 Å². The maximum atomic E-state index is 13.7. The van der Waals surface area contributed by atoms with Crippen molar-refractivity contribution in [3.05, 3.63) is 77.1 Å². The molecule has 0 saturated heterocycles.